The molecule has 0 aliphatic rings. The van der Waals surface area contributed by atoms with E-state index in [1.807, 2.05) is 30.3 Å². The molecule has 108 valence electrons. The van der Waals surface area contributed by atoms with Gasteiger partial charge in [0.15, 0.2) is 12.2 Å². The van der Waals surface area contributed by atoms with Gasteiger partial charge in [0.2, 0.25) is 5.89 Å². The van der Waals surface area contributed by atoms with Crippen LogP contribution >= 0.6 is 0 Å². The Morgan fingerprint density at radius 3 is 2.67 bits per heavy atom. The minimum Gasteiger partial charge on any atom is -0.484 e. The van der Waals surface area contributed by atoms with E-state index in [9.17, 15) is 0 Å². The van der Waals surface area contributed by atoms with Crippen LogP contribution in [-0.4, -0.2) is 4.98 Å². The lowest BCUT2D eigenvalue weighted by Gasteiger charge is -2.04. The highest BCUT2D eigenvalue weighted by Crippen LogP contribution is 2.22. The molecule has 2 N–H and O–H groups in total. The number of oxazole rings is 1. The number of aryl methyl sites for hydroxylation is 1. The molecule has 0 fully saturated rings. The van der Waals surface area contributed by atoms with Crippen molar-refractivity contribution < 1.29 is 9.15 Å². The lowest BCUT2D eigenvalue weighted by atomic mass is 10.1. The zero-order valence-electron chi connectivity index (χ0n) is 12.0. The summed E-state index contributed by atoms with van der Waals surface area (Å²) in [5.41, 5.74) is 9.17. The quantitative estimate of drug-likeness (QED) is 0.720. The van der Waals surface area contributed by atoms with Crippen molar-refractivity contribution in [2.45, 2.75) is 26.4 Å². The summed E-state index contributed by atoms with van der Waals surface area (Å²) in [5, 5.41) is 0. The van der Waals surface area contributed by atoms with E-state index in [1.54, 1.807) is 0 Å². The Morgan fingerprint density at radius 2 is 1.95 bits per heavy atom. The van der Waals surface area contributed by atoms with Crippen LogP contribution in [0, 0.1) is 0 Å². The maximum Gasteiger partial charge on any atom is 0.233 e. The lowest BCUT2D eigenvalue weighted by molar-refractivity contribution is 0.267. The number of nitrogens with zero attached hydrogens (tertiary/aromatic N) is 1. The van der Waals surface area contributed by atoms with Gasteiger partial charge in [-0.15, -0.1) is 0 Å². The lowest BCUT2D eigenvalue weighted by Crippen LogP contribution is -1.96. The highest BCUT2D eigenvalue weighted by Gasteiger charge is 2.08. The van der Waals surface area contributed by atoms with Gasteiger partial charge in [-0.1, -0.05) is 31.5 Å². The second kappa shape index (κ2) is 5.87. The molecule has 0 saturated carbocycles. The van der Waals surface area contributed by atoms with E-state index in [0.29, 0.717) is 29.3 Å². The minimum atomic E-state index is 0.293. The van der Waals surface area contributed by atoms with Crippen LogP contribution in [0.25, 0.3) is 11.1 Å². The molecule has 0 amide bonds. The Balaban J connectivity index is 1.69. The molecule has 3 aromatic rings. The second-order valence-electron chi connectivity index (χ2n) is 4.98. The summed E-state index contributed by atoms with van der Waals surface area (Å²) in [4.78, 5) is 4.36. The van der Waals surface area contributed by atoms with Crippen LogP contribution in [0.5, 0.6) is 5.75 Å². The average molecular weight is 282 g/mol. The first-order valence-electron chi connectivity index (χ1n) is 7.12. The molecule has 3 rings (SSSR count). The monoisotopic (exact) mass is 282 g/mol. The van der Waals surface area contributed by atoms with E-state index in [4.69, 9.17) is 14.9 Å². The summed E-state index contributed by atoms with van der Waals surface area (Å²) in [6, 6.07) is 13.6. The van der Waals surface area contributed by atoms with Gasteiger partial charge in [0.1, 0.15) is 11.3 Å². The van der Waals surface area contributed by atoms with Gasteiger partial charge in [-0.25, -0.2) is 4.98 Å². The number of hydrogen-bond donors (Lipinski definition) is 1. The average Bonchev–Trinajstić information content (AvgIpc) is 2.91. The Hall–Kier alpha value is -2.49. The molecule has 21 heavy (non-hydrogen) atoms. The Bertz CT molecular complexity index is 732. The van der Waals surface area contributed by atoms with Crippen molar-refractivity contribution in [3.8, 4) is 5.75 Å². The highest BCUT2D eigenvalue weighted by atomic mass is 16.5. The molecule has 0 atom stereocenters. The van der Waals surface area contributed by atoms with Crippen LogP contribution in [0.3, 0.4) is 0 Å². The van der Waals surface area contributed by atoms with Gasteiger partial charge in [0.05, 0.1) is 5.69 Å². The standard InChI is InChI=1S/C17H18N2O2/c1-2-4-12-7-9-13(10-8-12)20-11-16-19-17-14(18)5-3-6-15(17)21-16/h3,5-10H,2,4,11,18H2,1H3. The summed E-state index contributed by atoms with van der Waals surface area (Å²) in [6.07, 6.45) is 2.23. The van der Waals surface area contributed by atoms with Crippen molar-refractivity contribution in [2.75, 3.05) is 5.73 Å². The van der Waals surface area contributed by atoms with Crippen LogP contribution in [0.15, 0.2) is 46.9 Å². The number of hydrogen-bond acceptors (Lipinski definition) is 4. The van der Waals surface area contributed by atoms with E-state index in [1.165, 1.54) is 5.56 Å². The van der Waals surface area contributed by atoms with Crippen molar-refractivity contribution in [3.05, 3.63) is 53.9 Å². The van der Waals surface area contributed by atoms with Gasteiger partial charge in [-0.2, -0.15) is 0 Å². The molecule has 0 unspecified atom stereocenters. The van der Waals surface area contributed by atoms with Crippen LogP contribution < -0.4 is 10.5 Å². The summed E-state index contributed by atoms with van der Waals surface area (Å²) >= 11 is 0. The fraction of sp³-hybridized carbons (Fsp3) is 0.235. The zero-order valence-corrected chi connectivity index (χ0v) is 12.0. The molecule has 0 radical (unpaired) electrons. The van der Waals surface area contributed by atoms with E-state index in [-0.39, 0.29) is 0 Å². The van der Waals surface area contributed by atoms with Crippen molar-refractivity contribution in [1.82, 2.24) is 4.98 Å². The largest absolute Gasteiger partial charge is 0.484 e. The predicted octanol–water partition coefficient (Wildman–Crippen LogP) is 3.94. The smallest absolute Gasteiger partial charge is 0.233 e. The predicted molar refractivity (Wildman–Crippen MR) is 83.2 cm³/mol. The van der Waals surface area contributed by atoms with Gasteiger partial charge in [0, 0.05) is 0 Å². The maximum absolute atomic E-state index is 5.86. The molecule has 1 aromatic heterocycles. The van der Waals surface area contributed by atoms with Gasteiger partial charge < -0.3 is 14.9 Å². The van der Waals surface area contributed by atoms with Gasteiger partial charge in [0.25, 0.3) is 0 Å². The highest BCUT2D eigenvalue weighted by molar-refractivity contribution is 5.85. The molecular formula is C17H18N2O2. The number of para-hydroxylation sites is 1. The molecule has 1 heterocycles. The summed E-state index contributed by atoms with van der Waals surface area (Å²) < 4.78 is 11.3. The van der Waals surface area contributed by atoms with E-state index >= 15 is 0 Å². The Labute approximate surface area is 123 Å². The molecule has 4 nitrogen and oxygen atoms in total. The zero-order chi connectivity index (χ0) is 14.7. The molecular weight excluding hydrogens is 264 g/mol. The van der Waals surface area contributed by atoms with Gasteiger partial charge in [-0.3, -0.25) is 0 Å². The van der Waals surface area contributed by atoms with Crippen molar-refractivity contribution >= 4 is 16.8 Å². The SMILES string of the molecule is CCCc1ccc(OCc2nc3c(N)cccc3o2)cc1. The van der Waals surface area contributed by atoms with Gasteiger partial charge >= 0.3 is 0 Å². The number of anilines is 1. The number of aromatic nitrogens is 1. The second-order valence-corrected chi connectivity index (χ2v) is 4.98. The number of fused-ring (bicyclic) bond motifs is 1. The first-order chi connectivity index (χ1) is 10.3. The van der Waals surface area contributed by atoms with E-state index in [0.717, 1.165) is 18.6 Å². The Kier molecular flexibility index (Phi) is 3.77. The maximum atomic E-state index is 5.86. The third-order valence-corrected chi connectivity index (χ3v) is 3.32. The number of rotatable bonds is 5. The third-order valence-electron chi connectivity index (χ3n) is 3.32. The van der Waals surface area contributed by atoms with Crippen LogP contribution in [0.1, 0.15) is 24.8 Å². The minimum absolute atomic E-state index is 0.293. The van der Waals surface area contributed by atoms with Crippen molar-refractivity contribution in [3.63, 3.8) is 0 Å². The summed E-state index contributed by atoms with van der Waals surface area (Å²) in [7, 11) is 0. The number of benzene rings is 2. The van der Waals surface area contributed by atoms with Crippen LogP contribution in [0.4, 0.5) is 5.69 Å². The molecule has 0 spiro atoms. The summed E-state index contributed by atoms with van der Waals surface area (Å²) in [6.45, 7) is 2.46. The molecule has 4 heteroatoms. The third kappa shape index (κ3) is 2.99. The van der Waals surface area contributed by atoms with E-state index < -0.39 is 0 Å². The fourth-order valence-electron chi connectivity index (χ4n) is 2.26. The first kappa shape index (κ1) is 13.5. The van der Waals surface area contributed by atoms with Crippen LogP contribution in [0.2, 0.25) is 0 Å². The fourth-order valence-corrected chi connectivity index (χ4v) is 2.26. The van der Waals surface area contributed by atoms with Crippen LogP contribution in [-0.2, 0) is 13.0 Å². The Morgan fingerprint density at radius 1 is 1.14 bits per heavy atom. The molecule has 0 bridgehead atoms. The molecule has 2 aromatic carbocycles. The van der Waals surface area contributed by atoms with E-state index in [2.05, 4.69) is 24.0 Å². The van der Waals surface area contributed by atoms with Gasteiger partial charge in [-0.05, 0) is 36.2 Å². The molecule has 0 saturated heterocycles. The number of ether oxygens (including phenoxy) is 1. The first-order valence-corrected chi connectivity index (χ1v) is 7.12. The summed E-state index contributed by atoms with van der Waals surface area (Å²) in [5.74, 6) is 1.34. The molecule has 0 aliphatic heterocycles. The van der Waals surface area contributed by atoms with Crippen molar-refractivity contribution in [2.24, 2.45) is 0 Å². The van der Waals surface area contributed by atoms with Crippen molar-refractivity contribution in [1.29, 1.82) is 0 Å². The topological polar surface area (TPSA) is 61.3 Å². The number of nitrogen functional groups attached to an aromatic ring is 1. The number of nitrogens with two attached hydrogens (primary N) is 1. The molecule has 0 aliphatic carbocycles. The normalized spacial score (nSPS) is 10.9.